The fraction of sp³-hybridized carbons (Fsp3) is 0.500. The van der Waals surface area contributed by atoms with Gasteiger partial charge in [-0.1, -0.05) is 0 Å². The molecule has 0 fully saturated rings. The van der Waals surface area contributed by atoms with Crippen molar-refractivity contribution in [2.24, 2.45) is 0 Å². The van der Waals surface area contributed by atoms with Crippen LogP contribution in [0.2, 0.25) is 0 Å². The molecule has 1 aromatic heterocycles. The van der Waals surface area contributed by atoms with Crippen LogP contribution in [-0.2, 0) is 4.74 Å². The Bertz CT molecular complexity index is 442. The maximum atomic E-state index is 11.6. The van der Waals surface area contributed by atoms with Crippen LogP contribution >= 0.6 is 0 Å². The number of alkyl carbamates (subject to hydrolysis) is 1. The molecular formula is C12H16N2O4. The van der Waals surface area contributed by atoms with Crippen LogP contribution in [0.1, 0.15) is 20.8 Å². The van der Waals surface area contributed by atoms with Gasteiger partial charge in [-0.25, -0.2) is 9.78 Å². The second-order valence-electron chi connectivity index (χ2n) is 4.87. The van der Waals surface area contributed by atoms with Gasteiger partial charge in [0.15, 0.2) is 5.75 Å². The second-order valence-corrected chi connectivity index (χ2v) is 4.87. The number of carbonyl (C=O) groups is 1. The predicted molar refractivity (Wildman–Crippen MR) is 63.5 cm³/mol. The Kier molecular flexibility index (Phi) is 3.27. The van der Waals surface area contributed by atoms with Crippen LogP contribution in [0.5, 0.6) is 11.6 Å². The minimum absolute atomic E-state index is 0.198. The largest absolute Gasteiger partial charge is 0.469 e. The van der Waals surface area contributed by atoms with Crippen molar-refractivity contribution in [3.05, 3.63) is 18.3 Å². The molecule has 98 valence electrons. The number of amides is 1. The number of hydrogen-bond acceptors (Lipinski definition) is 5. The van der Waals surface area contributed by atoms with Gasteiger partial charge >= 0.3 is 6.09 Å². The van der Waals surface area contributed by atoms with E-state index in [1.807, 2.05) is 0 Å². The van der Waals surface area contributed by atoms with Crippen molar-refractivity contribution < 1.29 is 19.0 Å². The highest BCUT2D eigenvalue weighted by atomic mass is 16.6. The summed E-state index contributed by atoms with van der Waals surface area (Å²) in [7, 11) is 0. The first-order chi connectivity index (χ1) is 8.44. The average molecular weight is 252 g/mol. The Labute approximate surface area is 105 Å². The lowest BCUT2D eigenvalue weighted by Gasteiger charge is -2.27. The van der Waals surface area contributed by atoms with Crippen LogP contribution in [0.4, 0.5) is 4.79 Å². The third-order valence-electron chi connectivity index (χ3n) is 2.05. The SMILES string of the molecule is CC(C)(C)OC(=O)NC1COc2ncccc2O1. The monoisotopic (exact) mass is 252 g/mol. The fourth-order valence-electron chi connectivity index (χ4n) is 1.43. The van der Waals surface area contributed by atoms with E-state index in [0.717, 1.165) is 0 Å². The number of rotatable bonds is 1. The standard InChI is InChI=1S/C12H16N2O4/c1-12(2,3)18-11(15)14-9-7-16-10-8(17-9)5-4-6-13-10/h4-6,9H,7H2,1-3H3,(H,14,15). The molecule has 0 saturated heterocycles. The molecule has 0 saturated carbocycles. The van der Waals surface area contributed by atoms with E-state index in [-0.39, 0.29) is 6.61 Å². The first-order valence-corrected chi connectivity index (χ1v) is 5.68. The highest BCUT2D eigenvalue weighted by Crippen LogP contribution is 2.27. The Morgan fingerprint density at radius 3 is 3.06 bits per heavy atom. The molecule has 6 nitrogen and oxygen atoms in total. The number of nitrogens with zero attached hydrogens (tertiary/aromatic N) is 1. The zero-order valence-corrected chi connectivity index (χ0v) is 10.6. The molecule has 2 rings (SSSR count). The summed E-state index contributed by atoms with van der Waals surface area (Å²) in [5, 5.41) is 2.58. The zero-order valence-electron chi connectivity index (χ0n) is 10.6. The number of aromatic nitrogens is 1. The van der Waals surface area contributed by atoms with Gasteiger partial charge in [0, 0.05) is 6.20 Å². The van der Waals surface area contributed by atoms with E-state index < -0.39 is 17.9 Å². The van der Waals surface area contributed by atoms with Crippen LogP contribution in [0, 0.1) is 0 Å². The number of ether oxygens (including phenoxy) is 3. The lowest BCUT2D eigenvalue weighted by molar-refractivity contribution is 0.0218. The molecule has 1 aliphatic heterocycles. The van der Waals surface area contributed by atoms with Crippen molar-refractivity contribution in [2.45, 2.75) is 32.6 Å². The maximum Gasteiger partial charge on any atom is 0.410 e. The van der Waals surface area contributed by atoms with Crippen molar-refractivity contribution in [2.75, 3.05) is 6.61 Å². The van der Waals surface area contributed by atoms with Gasteiger partial charge in [-0.05, 0) is 32.9 Å². The highest BCUT2D eigenvalue weighted by molar-refractivity contribution is 5.68. The van der Waals surface area contributed by atoms with Gasteiger partial charge in [0.2, 0.25) is 6.23 Å². The average Bonchev–Trinajstić information content (AvgIpc) is 2.26. The van der Waals surface area contributed by atoms with Gasteiger partial charge in [0.25, 0.3) is 5.88 Å². The molecule has 0 radical (unpaired) electrons. The summed E-state index contributed by atoms with van der Waals surface area (Å²) in [6, 6.07) is 3.46. The molecule has 6 heteroatoms. The van der Waals surface area contributed by atoms with Crippen molar-refractivity contribution >= 4 is 6.09 Å². The van der Waals surface area contributed by atoms with Crippen molar-refractivity contribution in [3.8, 4) is 11.6 Å². The summed E-state index contributed by atoms with van der Waals surface area (Å²) in [6.07, 6.45) is 0.504. The Hall–Kier alpha value is -1.98. The summed E-state index contributed by atoms with van der Waals surface area (Å²) in [4.78, 5) is 15.6. The summed E-state index contributed by atoms with van der Waals surface area (Å²) in [5.41, 5.74) is -0.543. The summed E-state index contributed by atoms with van der Waals surface area (Å²) >= 11 is 0. The molecule has 18 heavy (non-hydrogen) atoms. The Morgan fingerprint density at radius 2 is 2.33 bits per heavy atom. The van der Waals surface area contributed by atoms with E-state index in [4.69, 9.17) is 14.2 Å². The van der Waals surface area contributed by atoms with Gasteiger partial charge in [-0.3, -0.25) is 5.32 Å². The quantitative estimate of drug-likeness (QED) is 0.823. The smallest absolute Gasteiger partial charge is 0.410 e. The summed E-state index contributed by atoms with van der Waals surface area (Å²) < 4.78 is 16.0. The Balaban J connectivity index is 1.92. The van der Waals surface area contributed by atoms with E-state index in [2.05, 4.69) is 10.3 Å². The lowest BCUT2D eigenvalue weighted by atomic mass is 10.2. The third kappa shape index (κ3) is 3.26. The lowest BCUT2D eigenvalue weighted by Crippen LogP contribution is -2.47. The molecule has 0 aromatic carbocycles. The van der Waals surface area contributed by atoms with Crippen molar-refractivity contribution in [1.29, 1.82) is 0 Å². The van der Waals surface area contributed by atoms with Gasteiger partial charge in [-0.15, -0.1) is 0 Å². The van der Waals surface area contributed by atoms with Gasteiger partial charge < -0.3 is 14.2 Å². The molecule has 0 bridgehead atoms. The molecule has 1 aliphatic rings. The molecule has 0 aliphatic carbocycles. The number of pyridine rings is 1. The number of hydrogen-bond donors (Lipinski definition) is 1. The maximum absolute atomic E-state index is 11.6. The van der Waals surface area contributed by atoms with E-state index in [1.165, 1.54) is 0 Å². The molecule has 0 spiro atoms. The van der Waals surface area contributed by atoms with Gasteiger partial charge in [-0.2, -0.15) is 0 Å². The minimum atomic E-state index is -0.573. The topological polar surface area (TPSA) is 69.7 Å². The zero-order chi connectivity index (χ0) is 13.2. The van der Waals surface area contributed by atoms with Crippen molar-refractivity contribution in [1.82, 2.24) is 10.3 Å². The summed E-state index contributed by atoms with van der Waals surface area (Å²) in [6.45, 7) is 5.58. The predicted octanol–water partition coefficient (Wildman–Crippen LogP) is 1.70. The van der Waals surface area contributed by atoms with Gasteiger partial charge in [0.05, 0.1) is 0 Å². The number of fused-ring (bicyclic) bond motifs is 1. The molecule has 1 aromatic rings. The van der Waals surface area contributed by atoms with Gasteiger partial charge in [0.1, 0.15) is 12.2 Å². The molecule has 1 N–H and O–H groups in total. The summed E-state index contributed by atoms with van der Waals surface area (Å²) in [5.74, 6) is 0.935. The third-order valence-corrected chi connectivity index (χ3v) is 2.05. The van der Waals surface area contributed by atoms with Crippen molar-refractivity contribution in [3.63, 3.8) is 0 Å². The number of carbonyl (C=O) groups excluding carboxylic acids is 1. The first-order valence-electron chi connectivity index (χ1n) is 5.68. The van der Waals surface area contributed by atoms with Crippen LogP contribution in [0.15, 0.2) is 18.3 Å². The van der Waals surface area contributed by atoms with Crippen LogP contribution in [0.25, 0.3) is 0 Å². The fourth-order valence-corrected chi connectivity index (χ4v) is 1.43. The molecule has 1 atom stereocenters. The van der Waals surface area contributed by atoms with Crippen LogP contribution in [0.3, 0.4) is 0 Å². The molecule has 1 unspecified atom stereocenters. The highest BCUT2D eigenvalue weighted by Gasteiger charge is 2.25. The first kappa shape index (κ1) is 12.5. The minimum Gasteiger partial charge on any atom is -0.469 e. The normalized spacial score (nSPS) is 18.1. The number of nitrogens with one attached hydrogen (secondary N) is 1. The molecule has 2 heterocycles. The second kappa shape index (κ2) is 4.72. The molecule has 1 amide bonds. The molecular weight excluding hydrogens is 236 g/mol. The van der Waals surface area contributed by atoms with Crippen LogP contribution < -0.4 is 14.8 Å². The van der Waals surface area contributed by atoms with E-state index in [0.29, 0.717) is 11.6 Å². The van der Waals surface area contributed by atoms with E-state index in [1.54, 1.807) is 39.1 Å². The van der Waals surface area contributed by atoms with E-state index >= 15 is 0 Å². The van der Waals surface area contributed by atoms with E-state index in [9.17, 15) is 4.79 Å². The van der Waals surface area contributed by atoms with Crippen LogP contribution in [-0.4, -0.2) is 29.5 Å². The Morgan fingerprint density at radius 1 is 1.56 bits per heavy atom.